The van der Waals surface area contributed by atoms with Crippen LogP contribution in [0.5, 0.6) is 0 Å². The molecule has 72 valence electrons. The Morgan fingerprint density at radius 1 is 1.50 bits per heavy atom. The molecule has 2 atom stereocenters. The van der Waals surface area contributed by atoms with Crippen LogP contribution < -0.4 is 5.73 Å². The van der Waals surface area contributed by atoms with E-state index in [0.29, 0.717) is 0 Å². The normalized spacial score (nSPS) is 29.2. The van der Waals surface area contributed by atoms with Crippen molar-refractivity contribution in [2.45, 2.75) is 19.0 Å². The molecule has 0 radical (unpaired) electrons. The summed E-state index contributed by atoms with van der Waals surface area (Å²) in [6.07, 6.45) is 7.42. The maximum absolute atomic E-state index is 10.9. The lowest BCUT2D eigenvalue weighted by atomic mass is 9.98. The molecule has 0 saturated heterocycles. The van der Waals surface area contributed by atoms with Crippen molar-refractivity contribution in [3.8, 4) is 0 Å². The lowest BCUT2D eigenvalue weighted by molar-refractivity contribution is -0.111. The van der Waals surface area contributed by atoms with Gasteiger partial charge in [0.2, 0.25) is 0 Å². The van der Waals surface area contributed by atoms with Crippen molar-refractivity contribution >= 4 is 17.8 Å². The fourth-order valence-corrected chi connectivity index (χ4v) is 1.52. The van der Waals surface area contributed by atoms with Crippen molar-refractivity contribution in [2.24, 2.45) is 15.7 Å². The van der Waals surface area contributed by atoms with Gasteiger partial charge >= 0.3 is 0 Å². The summed E-state index contributed by atoms with van der Waals surface area (Å²) in [7, 11) is 0. The van der Waals surface area contributed by atoms with Crippen LogP contribution in [0.15, 0.2) is 33.8 Å². The number of carbonyl (C=O) groups is 1. The van der Waals surface area contributed by atoms with E-state index in [9.17, 15) is 4.79 Å². The molecule has 1 aliphatic carbocycles. The van der Waals surface area contributed by atoms with Crippen LogP contribution in [0.25, 0.3) is 0 Å². The molecule has 2 rings (SSSR count). The Morgan fingerprint density at radius 2 is 2.29 bits per heavy atom. The van der Waals surface area contributed by atoms with Gasteiger partial charge < -0.3 is 5.73 Å². The zero-order valence-electron chi connectivity index (χ0n) is 7.84. The van der Waals surface area contributed by atoms with E-state index in [1.165, 1.54) is 6.21 Å². The Labute approximate surface area is 81.9 Å². The lowest BCUT2D eigenvalue weighted by Gasteiger charge is -2.22. The number of carbonyl (C=O) groups excluding carboxylic acids is 1. The SMILES string of the molecule is CC1=CC2N=C(C(N)=O)C=NC2C=C1. The van der Waals surface area contributed by atoms with Crippen molar-refractivity contribution in [3.63, 3.8) is 0 Å². The average Bonchev–Trinajstić information content (AvgIpc) is 2.16. The van der Waals surface area contributed by atoms with E-state index in [0.717, 1.165) is 5.57 Å². The fourth-order valence-electron chi connectivity index (χ4n) is 1.52. The number of nitrogens with two attached hydrogens (primary N) is 1. The van der Waals surface area contributed by atoms with Crippen LogP contribution in [0, 0.1) is 0 Å². The molecule has 4 nitrogen and oxygen atoms in total. The van der Waals surface area contributed by atoms with Gasteiger partial charge in [-0.3, -0.25) is 14.8 Å². The Morgan fingerprint density at radius 3 is 3.00 bits per heavy atom. The van der Waals surface area contributed by atoms with Gasteiger partial charge in [0.05, 0.1) is 18.3 Å². The predicted octanol–water partition coefficient (Wildman–Crippen LogP) is 0.250. The van der Waals surface area contributed by atoms with E-state index in [1.54, 1.807) is 0 Å². The van der Waals surface area contributed by atoms with Crippen LogP contribution in [0.2, 0.25) is 0 Å². The number of hydrogen-bond donors (Lipinski definition) is 1. The summed E-state index contributed by atoms with van der Waals surface area (Å²) in [6.45, 7) is 1.99. The first kappa shape index (κ1) is 8.87. The topological polar surface area (TPSA) is 67.8 Å². The van der Waals surface area contributed by atoms with Crippen molar-refractivity contribution in [3.05, 3.63) is 23.8 Å². The molecule has 0 aromatic heterocycles. The zero-order chi connectivity index (χ0) is 10.1. The third kappa shape index (κ3) is 1.51. The molecule has 1 heterocycles. The smallest absolute Gasteiger partial charge is 0.268 e. The van der Waals surface area contributed by atoms with Gasteiger partial charge in [-0.05, 0) is 6.92 Å². The molecule has 0 aromatic carbocycles. The molecule has 0 fully saturated rings. The van der Waals surface area contributed by atoms with Crippen LogP contribution in [-0.4, -0.2) is 29.9 Å². The number of nitrogens with zero attached hydrogens (tertiary/aromatic N) is 2. The van der Waals surface area contributed by atoms with Gasteiger partial charge in [0, 0.05) is 0 Å². The summed E-state index contributed by atoms with van der Waals surface area (Å²) in [4.78, 5) is 19.3. The van der Waals surface area contributed by atoms with E-state index in [4.69, 9.17) is 5.73 Å². The van der Waals surface area contributed by atoms with Gasteiger partial charge in [-0.2, -0.15) is 0 Å². The van der Waals surface area contributed by atoms with Gasteiger partial charge in [0.25, 0.3) is 5.91 Å². The Hall–Kier alpha value is -1.71. The zero-order valence-corrected chi connectivity index (χ0v) is 7.84. The Bertz CT molecular complexity index is 390. The highest BCUT2D eigenvalue weighted by Crippen LogP contribution is 2.18. The van der Waals surface area contributed by atoms with Gasteiger partial charge in [0.1, 0.15) is 5.71 Å². The molecule has 0 saturated carbocycles. The van der Waals surface area contributed by atoms with Crippen molar-refractivity contribution in [2.75, 3.05) is 0 Å². The van der Waals surface area contributed by atoms with Gasteiger partial charge in [-0.1, -0.05) is 23.8 Å². The third-order valence-corrected chi connectivity index (χ3v) is 2.25. The predicted molar refractivity (Wildman–Crippen MR) is 55.6 cm³/mol. The van der Waals surface area contributed by atoms with E-state index in [2.05, 4.69) is 9.98 Å². The molecule has 4 heteroatoms. The number of hydrogen-bond acceptors (Lipinski definition) is 3. The summed E-state index contributed by atoms with van der Waals surface area (Å²) in [5, 5.41) is 0. The fraction of sp³-hybridized carbons (Fsp3) is 0.300. The van der Waals surface area contributed by atoms with Crippen LogP contribution in [-0.2, 0) is 4.79 Å². The summed E-state index contributed by atoms with van der Waals surface area (Å²) in [5.41, 5.74) is 6.51. The molecule has 0 spiro atoms. The van der Waals surface area contributed by atoms with Crippen LogP contribution in [0.3, 0.4) is 0 Å². The number of fused-ring (bicyclic) bond motifs is 1. The molecule has 2 unspecified atom stereocenters. The summed E-state index contributed by atoms with van der Waals surface area (Å²) < 4.78 is 0. The second-order valence-corrected chi connectivity index (χ2v) is 3.41. The third-order valence-electron chi connectivity index (χ3n) is 2.25. The Balaban J connectivity index is 2.30. The number of rotatable bonds is 1. The quantitative estimate of drug-likeness (QED) is 0.631. The molecule has 0 aromatic rings. The Kier molecular flexibility index (Phi) is 2.04. The molecule has 2 N–H and O–H groups in total. The maximum Gasteiger partial charge on any atom is 0.268 e. The van der Waals surface area contributed by atoms with Crippen LogP contribution in [0.1, 0.15) is 6.92 Å². The highest BCUT2D eigenvalue weighted by atomic mass is 16.1. The molecule has 1 amide bonds. The first-order valence-corrected chi connectivity index (χ1v) is 4.44. The van der Waals surface area contributed by atoms with E-state index < -0.39 is 5.91 Å². The summed E-state index contributed by atoms with van der Waals surface area (Å²) in [6, 6.07) is -0.0331. The average molecular weight is 189 g/mol. The lowest BCUT2D eigenvalue weighted by Crippen LogP contribution is -2.34. The van der Waals surface area contributed by atoms with E-state index >= 15 is 0 Å². The molecule has 2 aliphatic rings. The van der Waals surface area contributed by atoms with Crippen molar-refractivity contribution in [1.82, 2.24) is 0 Å². The number of primary amides is 1. The van der Waals surface area contributed by atoms with Crippen molar-refractivity contribution < 1.29 is 4.79 Å². The summed E-state index contributed by atoms with van der Waals surface area (Å²) in [5.74, 6) is -0.521. The minimum atomic E-state index is -0.521. The molecule has 1 aliphatic heterocycles. The highest BCUT2D eigenvalue weighted by molar-refractivity contribution is 6.60. The minimum absolute atomic E-state index is 0.0294. The van der Waals surface area contributed by atoms with Gasteiger partial charge in [-0.25, -0.2) is 0 Å². The van der Waals surface area contributed by atoms with E-state index in [1.807, 2.05) is 25.2 Å². The van der Waals surface area contributed by atoms with Crippen LogP contribution in [0.4, 0.5) is 0 Å². The van der Waals surface area contributed by atoms with Gasteiger partial charge in [-0.15, -0.1) is 0 Å². The summed E-state index contributed by atoms with van der Waals surface area (Å²) >= 11 is 0. The van der Waals surface area contributed by atoms with E-state index in [-0.39, 0.29) is 17.8 Å². The van der Waals surface area contributed by atoms with Crippen LogP contribution >= 0.6 is 0 Å². The molecule has 14 heavy (non-hydrogen) atoms. The molecular weight excluding hydrogens is 178 g/mol. The number of aliphatic imine (C=N–C) groups is 2. The first-order chi connectivity index (χ1) is 6.66. The molecule has 0 bridgehead atoms. The largest absolute Gasteiger partial charge is 0.364 e. The minimum Gasteiger partial charge on any atom is -0.364 e. The first-order valence-electron chi connectivity index (χ1n) is 4.44. The van der Waals surface area contributed by atoms with Gasteiger partial charge in [0.15, 0.2) is 0 Å². The standard InChI is InChI=1S/C10H11N3O/c1-6-2-3-7-8(4-6)13-9(5-12-7)10(11)14/h2-5,7-8H,1H3,(H2,11,14). The second-order valence-electron chi connectivity index (χ2n) is 3.41. The number of amides is 1. The number of allylic oxidation sites excluding steroid dienone is 2. The monoisotopic (exact) mass is 189 g/mol. The van der Waals surface area contributed by atoms with Crippen molar-refractivity contribution in [1.29, 1.82) is 0 Å². The second kappa shape index (κ2) is 3.21. The highest BCUT2D eigenvalue weighted by Gasteiger charge is 2.23. The maximum atomic E-state index is 10.9. The molecular formula is C10H11N3O.